The quantitative estimate of drug-likeness (QED) is 0.318. The van der Waals surface area contributed by atoms with Gasteiger partial charge in [0.15, 0.2) is 0 Å². The maximum atomic E-state index is 15.3. The second-order valence-corrected chi connectivity index (χ2v) is 7.49. The molecule has 0 bridgehead atoms. The third kappa shape index (κ3) is 5.49. The Morgan fingerprint density at radius 2 is 1.59 bits per heavy atom. The third-order valence-electron chi connectivity index (χ3n) is 4.66. The van der Waals surface area contributed by atoms with Crippen LogP contribution in [0.25, 0.3) is 0 Å². The van der Waals surface area contributed by atoms with Gasteiger partial charge in [0.2, 0.25) is 11.6 Å². The number of halogens is 2. The molecule has 3 aromatic rings. The number of aliphatic carboxylic acids is 1. The van der Waals surface area contributed by atoms with E-state index in [1.807, 2.05) is 25.1 Å². The van der Waals surface area contributed by atoms with Gasteiger partial charge in [0.1, 0.15) is 29.6 Å². The van der Waals surface area contributed by atoms with Crippen molar-refractivity contribution in [3.63, 3.8) is 0 Å². The number of nitrogens with two attached hydrogens (primary N) is 1. The molecule has 0 fully saturated rings. The van der Waals surface area contributed by atoms with E-state index in [1.54, 1.807) is 24.3 Å². The lowest BCUT2D eigenvalue weighted by atomic mass is 10.2. The predicted octanol–water partition coefficient (Wildman–Crippen LogP) is 3.82. The molecular weight excluding hydrogens is 448 g/mol. The average molecular weight is 471 g/mol. The largest absolute Gasteiger partial charge is 0.480 e. The van der Waals surface area contributed by atoms with E-state index in [-0.39, 0.29) is 17.3 Å². The zero-order valence-electron chi connectivity index (χ0n) is 18.7. The molecule has 9 nitrogen and oxygen atoms in total. The van der Waals surface area contributed by atoms with Gasteiger partial charge in [-0.2, -0.15) is 13.8 Å². The fourth-order valence-corrected chi connectivity index (χ4v) is 3.02. The molecular formula is C23H23F2N5O4. The summed E-state index contributed by atoms with van der Waals surface area (Å²) in [6, 6.07) is 12.6. The lowest BCUT2D eigenvalue weighted by Gasteiger charge is -2.21. The monoisotopic (exact) mass is 471 g/mol. The molecule has 11 heteroatoms. The summed E-state index contributed by atoms with van der Waals surface area (Å²) in [6.07, 6.45) is 0. The van der Waals surface area contributed by atoms with Gasteiger partial charge in [-0.15, -0.1) is 0 Å². The number of anilines is 2. The molecule has 0 atom stereocenters. The maximum Gasteiger partial charge on any atom is 0.323 e. The molecule has 0 unspecified atom stereocenters. The Hall–Kier alpha value is -4.41. The van der Waals surface area contributed by atoms with Gasteiger partial charge in [0, 0.05) is 38.5 Å². The number of nitrogens with one attached hydrogen (secondary N) is 1. The number of hydrogen-bond donors (Lipinski definition) is 3. The number of carboxylic acid groups (broad SMARTS) is 1. The number of amidine groups is 1. The van der Waals surface area contributed by atoms with Crippen molar-refractivity contribution in [2.45, 2.75) is 0 Å². The zero-order chi connectivity index (χ0) is 25.0. The van der Waals surface area contributed by atoms with Gasteiger partial charge < -0.3 is 30.1 Å². The molecule has 0 spiro atoms. The Bertz CT molecular complexity index is 1240. The Balaban J connectivity index is 2.09. The normalized spacial score (nSPS) is 10.5. The zero-order valence-corrected chi connectivity index (χ0v) is 18.7. The van der Waals surface area contributed by atoms with Gasteiger partial charge >= 0.3 is 5.97 Å². The van der Waals surface area contributed by atoms with Gasteiger partial charge in [-0.05, 0) is 24.3 Å². The number of carboxylic acids is 1. The SMILES string of the molecule is CN(C)c1cccc(Oc2nc(Oc3cccc(C(=N)N)c3)c(F)c(N(C)CC(=O)O)c2F)c1. The number of likely N-dealkylation sites (N-methyl/N-ethyl adjacent to an activating group) is 1. The minimum absolute atomic E-state index is 0.0816. The van der Waals surface area contributed by atoms with E-state index < -0.39 is 41.6 Å². The first-order valence-corrected chi connectivity index (χ1v) is 9.96. The number of pyridine rings is 1. The molecule has 34 heavy (non-hydrogen) atoms. The summed E-state index contributed by atoms with van der Waals surface area (Å²) in [5, 5.41) is 16.6. The number of hydrogen-bond acceptors (Lipinski definition) is 7. The van der Waals surface area contributed by atoms with Crippen molar-refractivity contribution < 1.29 is 28.2 Å². The Labute approximate surface area is 194 Å². The van der Waals surface area contributed by atoms with Gasteiger partial charge in [0.25, 0.3) is 11.8 Å². The Morgan fingerprint density at radius 3 is 2.12 bits per heavy atom. The van der Waals surface area contributed by atoms with Crippen LogP contribution in [0.4, 0.5) is 20.2 Å². The van der Waals surface area contributed by atoms with Gasteiger partial charge in [-0.3, -0.25) is 10.2 Å². The number of rotatable bonds is 9. The van der Waals surface area contributed by atoms with Crippen molar-refractivity contribution in [1.29, 1.82) is 5.41 Å². The first kappa shape index (κ1) is 24.2. The van der Waals surface area contributed by atoms with Gasteiger partial charge in [-0.25, -0.2) is 0 Å². The first-order chi connectivity index (χ1) is 16.1. The van der Waals surface area contributed by atoms with E-state index in [0.717, 1.165) is 10.6 Å². The molecule has 0 aliphatic heterocycles. The van der Waals surface area contributed by atoms with Gasteiger partial charge in [-0.1, -0.05) is 18.2 Å². The smallest absolute Gasteiger partial charge is 0.323 e. The number of nitrogens with zero attached hydrogens (tertiary/aromatic N) is 3. The summed E-state index contributed by atoms with van der Waals surface area (Å²) < 4.78 is 41.7. The molecule has 178 valence electrons. The highest BCUT2D eigenvalue weighted by atomic mass is 19.1. The van der Waals surface area contributed by atoms with E-state index in [1.165, 1.54) is 25.2 Å². The minimum Gasteiger partial charge on any atom is -0.480 e. The number of aromatic nitrogens is 1. The highest BCUT2D eigenvalue weighted by molar-refractivity contribution is 5.95. The molecule has 3 rings (SSSR count). The predicted molar refractivity (Wildman–Crippen MR) is 123 cm³/mol. The molecule has 0 saturated heterocycles. The van der Waals surface area contributed by atoms with Crippen LogP contribution in [0, 0.1) is 17.0 Å². The lowest BCUT2D eigenvalue weighted by Crippen LogP contribution is -2.27. The van der Waals surface area contributed by atoms with Crippen LogP contribution >= 0.6 is 0 Å². The van der Waals surface area contributed by atoms with E-state index in [9.17, 15) is 4.79 Å². The summed E-state index contributed by atoms with van der Waals surface area (Å²) in [5.74, 6) is -4.89. The third-order valence-corrected chi connectivity index (χ3v) is 4.66. The summed E-state index contributed by atoms with van der Waals surface area (Å²) in [7, 11) is 4.85. The molecule has 1 aromatic heterocycles. The fraction of sp³-hybridized carbons (Fsp3) is 0.174. The maximum absolute atomic E-state index is 15.3. The molecule has 2 aromatic carbocycles. The van der Waals surface area contributed by atoms with Crippen molar-refractivity contribution in [1.82, 2.24) is 4.98 Å². The van der Waals surface area contributed by atoms with Crippen molar-refractivity contribution in [3.8, 4) is 23.3 Å². The lowest BCUT2D eigenvalue weighted by molar-refractivity contribution is -0.135. The first-order valence-electron chi connectivity index (χ1n) is 9.96. The second-order valence-electron chi connectivity index (χ2n) is 7.49. The highest BCUT2D eigenvalue weighted by Crippen LogP contribution is 2.38. The molecule has 0 amide bonds. The van der Waals surface area contributed by atoms with E-state index in [0.29, 0.717) is 5.56 Å². The van der Waals surface area contributed by atoms with Crippen LogP contribution in [0.1, 0.15) is 5.56 Å². The minimum atomic E-state index is -1.30. The number of nitrogen functional groups attached to an aromatic ring is 1. The summed E-state index contributed by atoms with van der Waals surface area (Å²) in [6.45, 7) is -0.688. The Morgan fingerprint density at radius 1 is 1.03 bits per heavy atom. The van der Waals surface area contributed by atoms with Crippen molar-refractivity contribution in [2.24, 2.45) is 5.73 Å². The van der Waals surface area contributed by atoms with E-state index in [4.69, 9.17) is 25.7 Å². The molecule has 0 radical (unpaired) electrons. The van der Waals surface area contributed by atoms with Crippen LogP contribution in [0.3, 0.4) is 0 Å². The topological polar surface area (TPSA) is 125 Å². The summed E-state index contributed by atoms with van der Waals surface area (Å²) in [4.78, 5) is 17.7. The molecule has 4 N–H and O–H groups in total. The average Bonchev–Trinajstić information content (AvgIpc) is 2.77. The Kier molecular flexibility index (Phi) is 7.15. The van der Waals surface area contributed by atoms with Gasteiger partial charge in [0.05, 0.1) is 0 Å². The van der Waals surface area contributed by atoms with Crippen molar-refractivity contribution in [2.75, 3.05) is 37.5 Å². The number of ether oxygens (including phenoxy) is 2. The molecule has 0 aliphatic rings. The fourth-order valence-electron chi connectivity index (χ4n) is 3.02. The summed E-state index contributed by atoms with van der Waals surface area (Å²) in [5.41, 5.74) is 5.88. The van der Waals surface area contributed by atoms with Crippen molar-refractivity contribution in [3.05, 3.63) is 65.7 Å². The number of carbonyl (C=O) groups is 1. The van der Waals surface area contributed by atoms with Crippen molar-refractivity contribution >= 4 is 23.2 Å². The van der Waals surface area contributed by atoms with Crippen LogP contribution in [-0.2, 0) is 4.79 Å². The van der Waals surface area contributed by atoms with E-state index in [2.05, 4.69) is 4.98 Å². The van der Waals surface area contributed by atoms with Crippen LogP contribution < -0.4 is 25.0 Å². The number of benzene rings is 2. The molecule has 1 heterocycles. The van der Waals surface area contributed by atoms with Crippen LogP contribution in [0.15, 0.2) is 48.5 Å². The standard InChI is InChI=1S/C23H23F2N5O4/c1-29(2)14-7-5-9-16(11-14)34-23-19(25)20(30(3)12-17(31)32)18(24)22(28-23)33-15-8-4-6-13(10-15)21(26)27/h4-11H,12H2,1-3H3,(H3,26,27)(H,31,32). The summed E-state index contributed by atoms with van der Waals surface area (Å²) >= 11 is 0. The van der Waals surface area contributed by atoms with E-state index >= 15 is 8.78 Å². The molecule has 0 aliphatic carbocycles. The molecule has 0 saturated carbocycles. The highest BCUT2D eigenvalue weighted by Gasteiger charge is 2.27. The van der Waals surface area contributed by atoms with Crippen LogP contribution in [0.2, 0.25) is 0 Å². The van der Waals surface area contributed by atoms with Crippen LogP contribution in [0.5, 0.6) is 23.3 Å². The second kappa shape index (κ2) is 10.0. The van der Waals surface area contributed by atoms with Crippen LogP contribution in [-0.4, -0.2) is 49.6 Å².